The zero-order valence-electron chi connectivity index (χ0n) is 22.6. The smallest absolute Gasteiger partial charge is 0.142 e. The molecule has 10 heteroatoms. The second-order valence-electron chi connectivity index (χ2n) is 10.7. The number of nitrogens with zero attached hydrogens (tertiary/aromatic N) is 2. The fourth-order valence-electron chi connectivity index (χ4n) is 5.91. The van der Waals surface area contributed by atoms with E-state index in [4.69, 9.17) is 10.2 Å². The topological polar surface area (TPSA) is 95.0 Å². The molecule has 0 amide bonds. The number of aliphatic hydroxyl groups is 1. The molecule has 1 fully saturated rings. The van der Waals surface area contributed by atoms with Crippen LogP contribution in [-0.2, 0) is 11.0 Å². The second kappa shape index (κ2) is 11.7. The van der Waals surface area contributed by atoms with Crippen molar-refractivity contribution in [3.63, 3.8) is 0 Å². The molecule has 5 atom stereocenters. The normalized spacial score (nSPS) is 25.5. The third-order valence-corrected chi connectivity index (χ3v) is 10.0. The van der Waals surface area contributed by atoms with E-state index in [0.717, 1.165) is 35.2 Å². The van der Waals surface area contributed by atoms with Crippen molar-refractivity contribution in [2.24, 2.45) is 17.6 Å². The zero-order valence-corrected chi connectivity index (χ0v) is 24.3. The van der Waals surface area contributed by atoms with Crippen LogP contribution >= 0.6 is 12.6 Å². The number of rotatable bonds is 7. The summed E-state index contributed by atoms with van der Waals surface area (Å²) in [7, 11) is 4.56. The summed E-state index contributed by atoms with van der Waals surface area (Å²) in [5.41, 5.74) is 8.78. The van der Waals surface area contributed by atoms with E-state index in [-0.39, 0.29) is 23.7 Å². The summed E-state index contributed by atoms with van der Waals surface area (Å²) in [5.74, 6) is 0.566. The molecular formula is C29H37FN4O3S2. The molecule has 0 spiro atoms. The van der Waals surface area contributed by atoms with Crippen molar-refractivity contribution >= 4 is 35.8 Å². The second-order valence-corrected chi connectivity index (χ2v) is 12.8. The number of piperidine rings is 1. The Labute approximate surface area is 236 Å². The predicted octanol–water partition coefficient (Wildman–Crippen LogP) is 2.57. The van der Waals surface area contributed by atoms with Crippen LogP contribution in [0.15, 0.2) is 50.3 Å². The Balaban J connectivity index is 1.52. The lowest BCUT2D eigenvalue weighted by Gasteiger charge is -2.40. The molecule has 7 nitrogen and oxygen atoms in total. The van der Waals surface area contributed by atoms with Gasteiger partial charge in [0.15, 0.2) is 0 Å². The first-order valence-electron chi connectivity index (χ1n) is 13.4. The average molecular weight is 573 g/mol. The summed E-state index contributed by atoms with van der Waals surface area (Å²) in [6, 6.07) is 6.18. The van der Waals surface area contributed by atoms with Gasteiger partial charge in [-0.1, -0.05) is 6.08 Å². The minimum Gasteiger partial charge on any atom is -0.456 e. The molecule has 2 heterocycles. The molecule has 2 aliphatic carbocycles. The average Bonchev–Trinajstić information content (AvgIpc) is 3.32. The number of allylic oxidation sites excluding steroid dienone is 3. The van der Waals surface area contributed by atoms with Crippen LogP contribution in [0.2, 0.25) is 0 Å². The Morgan fingerprint density at radius 1 is 1.26 bits per heavy atom. The molecule has 2 aromatic rings. The van der Waals surface area contributed by atoms with Crippen LogP contribution in [0, 0.1) is 17.7 Å². The van der Waals surface area contributed by atoms with Crippen molar-refractivity contribution in [1.82, 2.24) is 14.5 Å². The highest BCUT2D eigenvalue weighted by Gasteiger charge is 2.36. The van der Waals surface area contributed by atoms with Gasteiger partial charge in [0.25, 0.3) is 0 Å². The molecule has 3 aliphatic rings. The summed E-state index contributed by atoms with van der Waals surface area (Å²) < 4.78 is 35.6. The molecular weight excluding hydrogens is 535 g/mol. The van der Waals surface area contributed by atoms with Crippen LogP contribution < -0.4 is 21.7 Å². The molecule has 4 unspecified atom stereocenters. The van der Waals surface area contributed by atoms with Crippen LogP contribution in [0.5, 0.6) is 0 Å². The molecule has 5 rings (SSSR count). The maximum Gasteiger partial charge on any atom is 0.142 e. The highest BCUT2D eigenvalue weighted by Crippen LogP contribution is 2.35. The van der Waals surface area contributed by atoms with Gasteiger partial charge in [-0.05, 0) is 89.2 Å². The lowest BCUT2D eigenvalue weighted by atomic mass is 9.78. The molecule has 1 aromatic carbocycles. The molecule has 4 N–H and O–H groups in total. The molecule has 0 saturated carbocycles. The summed E-state index contributed by atoms with van der Waals surface area (Å²) in [5, 5.41) is 14.8. The van der Waals surface area contributed by atoms with E-state index >= 15 is 0 Å². The summed E-state index contributed by atoms with van der Waals surface area (Å²) in [6.07, 6.45) is 8.58. The van der Waals surface area contributed by atoms with Crippen molar-refractivity contribution in [3.8, 4) is 11.3 Å². The van der Waals surface area contributed by atoms with Crippen molar-refractivity contribution in [1.29, 1.82) is 0 Å². The van der Waals surface area contributed by atoms with Gasteiger partial charge in [-0.2, -0.15) is 0 Å². The SMILES string of the molecule is CNC(O)c1c(-c2ccc(F)cc2)oc2c1=CC([C@@H]1CCCN(S(=O)C3=CC(S)=C(N)CC3)C1)C(N(C)C)C=2. The standard InChI is InChI=1S/C29H37FN4O3S2/c1-32-29(35)27-22-14-21(18-5-4-12-34(16-18)39(36)20-10-11-23(31)26(38)13-20)24(33(2)3)15-25(22)37-28(27)17-6-8-19(30)9-7-17/h6-9,13-15,18,21,24,29,32,35,38H,4-5,10-12,16,31H2,1-3H3/t18-,21?,24?,29?,39?/m1/s1. The van der Waals surface area contributed by atoms with Crippen molar-refractivity contribution in [2.45, 2.75) is 38.0 Å². The first-order valence-corrected chi connectivity index (χ1v) is 14.9. The fourth-order valence-corrected chi connectivity index (χ4v) is 7.72. The number of nitrogens with one attached hydrogen (secondary N) is 1. The Morgan fingerprint density at radius 2 is 2.00 bits per heavy atom. The first-order chi connectivity index (χ1) is 18.7. The van der Waals surface area contributed by atoms with E-state index in [1.54, 1.807) is 19.2 Å². The van der Waals surface area contributed by atoms with Gasteiger partial charge in [-0.25, -0.2) is 12.9 Å². The Hall–Kier alpha value is -2.21. The van der Waals surface area contributed by atoms with E-state index in [1.807, 2.05) is 6.08 Å². The number of halogens is 1. The van der Waals surface area contributed by atoms with Gasteiger partial charge in [0, 0.05) is 56.9 Å². The van der Waals surface area contributed by atoms with Crippen LogP contribution in [0.1, 0.15) is 37.5 Å². The largest absolute Gasteiger partial charge is 0.456 e. The maximum atomic E-state index is 13.6. The third kappa shape index (κ3) is 5.68. The van der Waals surface area contributed by atoms with Gasteiger partial charge in [0.1, 0.15) is 34.2 Å². The van der Waals surface area contributed by atoms with Gasteiger partial charge in [-0.3, -0.25) is 5.32 Å². The minimum absolute atomic E-state index is 0.0587. The molecule has 1 aliphatic heterocycles. The lowest BCUT2D eigenvalue weighted by Crippen LogP contribution is -2.48. The number of nitrogens with two attached hydrogens (primary N) is 1. The monoisotopic (exact) mass is 572 g/mol. The minimum atomic E-state index is -1.24. The fraction of sp³-hybridized carbons (Fsp3) is 0.448. The summed E-state index contributed by atoms with van der Waals surface area (Å²) in [6.45, 7) is 1.48. The number of hydrogen-bond acceptors (Lipinski definition) is 7. The van der Waals surface area contributed by atoms with E-state index in [9.17, 15) is 13.7 Å². The lowest BCUT2D eigenvalue weighted by molar-refractivity contribution is 0.148. The van der Waals surface area contributed by atoms with E-state index in [1.165, 1.54) is 12.1 Å². The van der Waals surface area contributed by atoms with Crippen LogP contribution in [-0.4, -0.2) is 58.8 Å². The zero-order chi connectivity index (χ0) is 27.8. The quantitative estimate of drug-likeness (QED) is 0.301. The van der Waals surface area contributed by atoms with E-state index < -0.39 is 17.2 Å². The Morgan fingerprint density at radius 3 is 2.67 bits per heavy atom. The van der Waals surface area contributed by atoms with Gasteiger partial charge in [-0.15, -0.1) is 12.6 Å². The van der Waals surface area contributed by atoms with Gasteiger partial charge >= 0.3 is 0 Å². The van der Waals surface area contributed by atoms with Crippen molar-refractivity contribution in [2.75, 3.05) is 34.2 Å². The third-order valence-electron chi connectivity index (χ3n) is 8.03. The molecule has 1 aromatic heterocycles. The molecule has 210 valence electrons. The van der Waals surface area contributed by atoms with Crippen LogP contribution in [0.25, 0.3) is 23.5 Å². The summed E-state index contributed by atoms with van der Waals surface area (Å²) in [4.78, 5) is 3.76. The van der Waals surface area contributed by atoms with Crippen LogP contribution in [0.4, 0.5) is 4.39 Å². The van der Waals surface area contributed by atoms with E-state index in [2.05, 4.69) is 53.4 Å². The highest BCUT2D eigenvalue weighted by atomic mass is 32.2. The van der Waals surface area contributed by atoms with Gasteiger partial charge in [0.05, 0.1) is 0 Å². The molecule has 0 bridgehead atoms. The predicted molar refractivity (Wildman–Crippen MR) is 157 cm³/mol. The van der Waals surface area contributed by atoms with Crippen molar-refractivity contribution in [3.05, 3.63) is 67.9 Å². The van der Waals surface area contributed by atoms with Crippen molar-refractivity contribution < 1.29 is 18.1 Å². The number of fused-ring (bicyclic) bond motifs is 1. The Kier molecular flexibility index (Phi) is 8.51. The number of hydrogen-bond donors (Lipinski definition) is 4. The number of thiol groups is 1. The molecule has 39 heavy (non-hydrogen) atoms. The number of aliphatic hydroxyl groups excluding tert-OH is 1. The maximum absolute atomic E-state index is 13.6. The number of furan rings is 1. The Bertz CT molecular complexity index is 1430. The number of benzene rings is 1. The van der Waals surface area contributed by atoms with E-state index in [0.29, 0.717) is 46.6 Å². The van der Waals surface area contributed by atoms with Gasteiger partial charge in [0.2, 0.25) is 0 Å². The molecule has 1 saturated heterocycles. The highest BCUT2D eigenvalue weighted by molar-refractivity contribution is 7.87. The summed E-state index contributed by atoms with van der Waals surface area (Å²) >= 11 is 4.46. The van der Waals surface area contributed by atoms with Gasteiger partial charge < -0.3 is 20.2 Å². The molecule has 0 radical (unpaired) electrons. The van der Waals surface area contributed by atoms with Crippen LogP contribution in [0.3, 0.4) is 0 Å². The first kappa shape index (κ1) is 28.3.